The molecular formula is C16H19N3O2S2. The summed E-state index contributed by atoms with van der Waals surface area (Å²) in [6, 6.07) is 9.80. The Morgan fingerprint density at radius 3 is 2.96 bits per heavy atom. The Hall–Kier alpha value is -1.73. The largest absolute Gasteiger partial charge is 0.323 e. The lowest BCUT2D eigenvalue weighted by molar-refractivity contribution is 0.210. The number of benzene rings is 1. The molecule has 23 heavy (non-hydrogen) atoms. The number of rotatable bonds is 2. The number of amides is 2. The highest BCUT2D eigenvalue weighted by Crippen LogP contribution is 2.28. The molecule has 1 aliphatic heterocycles. The summed E-state index contributed by atoms with van der Waals surface area (Å²) in [6.45, 7) is 3.19. The van der Waals surface area contributed by atoms with Gasteiger partial charge in [0, 0.05) is 41.6 Å². The summed E-state index contributed by atoms with van der Waals surface area (Å²) in [5, 5.41) is 3.45. The summed E-state index contributed by atoms with van der Waals surface area (Å²) in [7, 11) is -0.827. The minimum atomic E-state index is -0.827. The molecule has 0 saturated carbocycles. The van der Waals surface area contributed by atoms with Crippen LogP contribution in [0.15, 0.2) is 36.5 Å². The number of nitrogens with zero attached hydrogens (tertiary/aromatic N) is 2. The van der Waals surface area contributed by atoms with Crippen LogP contribution in [0.3, 0.4) is 0 Å². The summed E-state index contributed by atoms with van der Waals surface area (Å²) < 4.78 is 11.7. The van der Waals surface area contributed by atoms with E-state index >= 15 is 0 Å². The first-order valence-corrected chi connectivity index (χ1v) is 9.84. The molecule has 2 heterocycles. The molecule has 0 radical (unpaired) electrons. The molecule has 122 valence electrons. The van der Waals surface area contributed by atoms with E-state index in [1.807, 2.05) is 37.3 Å². The van der Waals surface area contributed by atoms with Crippen molar-refractivity contribution in [3.8, 4) is 10.4 Å². The molecule has 0 bridgehead atoms. The predicted octanol–water partition coefficient (Wildman–Crippen LogP) is 3.04. The third-order valence-corrected chi connectivity index (χ3v) is 6.20. The molecule has 1 aliphatic rings. The highest BCUT2D eigenvalue weighted by Gasteiger charge is 2.23. The van der Waals surface area contributed by atoms with Crippen LogP contribution in [0.5, 0.6) is 0 Å². The molecular weight excluding hydrogens is 330 g/mol. The highest BCUT2D eigenvalue weighted by molar-refractivity contribution is 7.85. The van der Waals surface area contributed by atoms with Crippen molar-refractivity contribution < 1.29 is 9.00 Å². The van der Waals surface area contributed by atoms with Crippen LogP contribution < -0.4 is 5.32 Å². The molecule has 0 unspecified atom stereocenters. The van der Waals surface area contributed by atoms with E-state index in [0.717, 1.165) is 10.4 Å². The van der Waals surface area contributed by atoms with E-state index in [1.165, 1.54) is 11.3 Å². The van der Waals surface area contributed by atoms with Crippen LogP contribution in [0.1, 0.15) is 6.92 Å². The zero-order chi connectivity index (χ0) is 16.2. The lowest BCUT2D eigenvalue weighted by Crippen LogP contribution is -2.38. The average molecular weight is 349 g/mol. The van der Waals surface area contributed by atoms with Gasteiger partial charge in [-0.3, -0.25) is 9.53 Å². The Morgan fingerprint density at radius 2 is 2.17 bits per heavy atom. The Kier molecular flexibility index (Phi) is 5.07. The van der Waals surface area contributed by atoms with Gasteiger partial charge in [-0.05, 0) is 11.5 Å². The third kappa shape index (κ3) is 4.17. The van der Waals surface area contributed by atoms with Crippen molar-refractivity contribution in [1.29, 1.82) is 0 Å². The lowest BCUT2D eigenvalue weighted by atomic mass is 10.2. The number of nitrogens with one attached hydrogen (secondary N) is 1. The van der Waals surface area contributed by atoms with Gasteiger partial charge in [-0.15, -0.1) is 0 Å². The van der Waals surface area contributed by atoms with E-state index in [1.54, 1.807) is 11.1 Å². The molecule has 3 rings (SSSR count). The molecule has 1 fully saturated rings. The summed E-state index contributed by atoms with van der Waals surface area (Å²) in [6.07, 6.45) is 1.77. The van der Waals surface area contributed by atoms with Gasteiger partial charge >= 0.3 is 6.03 Å². The van der Waals surface area contributed by atoms with Gasteiger partial charge in [-0.25, -0.2) is 9.78 Å². The van der Waals surface area contributed by atoms with Crippen molar-refractivity contribution in [3.63, 3.8) is 0 Å². The number of thiazole rings is 1. The normalized spacial score (nSPS) is 21.7. The van der Waals surface area contributed by atoms with Gasteiger partial charge < -0.3 is 4.90 Å². The lowest BCUT2D eigenvalue weighted by Gasteiger charge is -2.21. The van der Waals surface area contributed by atoms with Crippen molar-refractivity contribution >= 4 is 33.3 Å². The molecule has 1 saturated heterocycles. The molecule has 0 spiro atoms. The molecule has 2 amide bonds. The molecule has 5 nitrogen and oxygen atoms in total. The fraction of sp³-hybridized carbons (Fsp3) is 0.375. The molecule has 0 aliphatic carbocycles. The first-order chi connectivity index (χ1) is 11.1. The maximum Gasteiger partial charge on any atom is 0.323 e. The monoisotopic (exact) mass is 349 g/mol. The number of hydrogen-bond donors (Lipinski definition) is 1. The van der Waals surface area contributed by atoms with Crippen molar-refractivity contribution in [1.82, 2.24) is 9.88 Å². The van der Waals surface area contributed by atoms with E-state index < -0.39 is 10.8 Å². The predicted molar refractivity (Wildman–Crippen MR) is 95.2 cm³/mol. The molecule has 1 aromatic heterocycles. The quantitative estimate of drug-likeness (QED) is 0.906. The minimum absolute atomic E-state index is 0.162. The first kappa shape index (κ1) is 16.1. The topological polar surface area (TPSA) is 62.3 Å². The van der Waals surface area contributed by atoms with Crippen LogP contribution in [-0.2, 0) is 10.8 Å². The number of aromatic nitrogens is 1. The van der Waals surface area contributed by atoms with E-state index in [2.05, 4.69) is 10.3 Å². The SMILES string of the molecule is C[C@H]1CN(C(=O)Nc2ncc(-c3ccccc3)s2)CC[S@@](=O)C1. The number of carbonyl (C=O) groups is 1. The Morgan fingerprint density at radius 1 is 1.39 bits per heavy atom. The molecule has 2 atom stereocenters. The molecule has 2 aromatic rings. The third-order valence-electron chi connectivity index (χ3n) is 3.66. The van der Waals surface area contributed by atoms with Gasteiger partial charge in [0.15, 0.2) is 5.13 Å². The molecule has 1 aromatic carbocycles. The van der Waals surface area contributed by atoms with Crippen LogP contribution in [0.2, 0.25) is 0 Å². The average Bonchev–Trinajstić information content (AvgIpc) is 2.93. The number of urea groups is 1. The van der Waals surface area contributed by atoms with E-state index in [4.69, 9.17) is 0 Å². The van der Waals surface area contributed by atoms with E-state index in [0.29, 0.717) is 29.7 Å². The summed E-state index contributed by atoms with van der Waals surface area (Å²) in [5.74, 6) is 1.46. The summed E-state index contributed by atoms with van der Waals surface area (Å²) in [4.78, 5) is 19.4. The van der Waals surface area contributed by atoms with Gasteiger partial charge in [0.25, 0.3) is 0 Å². The fourth-order valence-electron chi connectivity index (χ4n) is 2.56. The zero-order valence-corrected chi connectivity index (χ0v) is 14.5. The second-order valence-corrected chi connectivity index (χ2v) is 8.34. The van der Waals surface area contributed by atoms with E-state index in [9.17, 15) is 9.00 Å². The maximum absolute atomic E-state index is 12.4. The van der Waals surface area contributed by atoms with E-state index in [-0.39, 0.29) is 11.9 Å². The maximum atomic E-state index is 12.4. The van der Waals surface area contributed by atoms with Crippen molar-refractivity contribution in [2.75, 3.05) is 29.9 Å². The first-order valence-electron chi connectivity index (χ1n) is 7.54. The second-order valence-electron chi connectivity index (χ2n) is 5.69. The van der Waals surface area contributed by atoms with Crippen LogP contribution >= 0.6 is 11.3 Å². The van der Waals surface area contributed by atoms with Gasteiger partial charge in [0.05, 0.1) is 4.88 Å². The number of hydrogen-bond acceptors (Lipinski definition) is 4. The Balaban J connectivity index is 1.66. The molecule has 7 heteroatoms. The van der Waals surface area contributed by atoms with Crippen molar-refractivity contribution in [2.45, 2.75) is 6.92 Å². The van der Waals surface area contributed by atoms with Gasteiger partial charge in [-0.2, -0.15) is 0 Å². The smallest absolute Gasteiger partial charge is 0.323 e. The van der Waals surface area contributed by atoms with Crippen LogP contribution in [0.4, 0.5) is 9.93 Å². The standard InChI is InChI=1S/C16H19N3O2S2/c1-12-10-19(7-8-23(21)11-12)16(20)18-15-17-9-14(22-15)13-5-3-2-4-6-13/h2-6,9,12H,7-8,10-11H2,1H3,(H,17,18,20)/t12-,23+/m0/s1. The second kappa shape index (κ2) is 7.23. The van der Waals surface area contributed by atoms with Gasteiger partial charge in [0.1, 0.15) is 0 Å². The fourth-order valence-corrected chi connectivity index (χ4v) is 4.70. The Bertz CT molecular complexity index is 702. The number of carbonyl (C=O) groups excluding carboxylic acids is 1. The van der Waals surface area contributed by atoms with Crippen LogP contribution in [-0.4, -0.2) is 44.7 Å². The number of anilines is 1. The minimum Gasteiger partial charge on any atom is -0.323 e. The highest BCUT2D eigenvalue weighted by atomic mass is 32.2. The van der Waals surface area contributed by atoms with Crippen LogP contribution in [0, 0.1) is 5.92 Å². The van der Waals surface area contributed by atoms with Gasteiger partial charge in [0.2, 0.25) is 0 Å². The summed E-state index contributed by atoms with van der Waals surface area (Å²) in [5.41, 5.74) is 1.09. The molecule has 1 N–H and O–H groups in total. The van der Waals surface area contributed by atoms with Crippen molar-refractivity contribution in [2.24, 2.45) is 5.92 Å². The van der Waals surface area contributed by atoms with Crippen LogP contribution in [0.25, 0.3) is 10.4 Å². The Labute approximate surface area is 142 Å². The summed E-state index contributed by atoms with van der Waals surface area (Å²) >= 11 is 1.46. The zero-order valence-electron chi connectivity index (χ0n) is 12.9. The van der Waals surface area contributed by atoms with Crippen molar-refractivity contribution in [3.05, 3.63) is 36.5 Å². The van der Waals surface area contributed by atoms with Gasteiger partial charge in [-0.1, -0.05) is 48.6 Å².